The molecule has 4 aliphatic rings. The first-order valence-electron chi connectivity index (χ1n) is 20.4. The summed E-state index contributed by atoms with van der Waals surface area (Å²) in [5.74, 6) is 0.242. The number of carboxylic acids is 1. The van der Waals surface area contributed by atoms with Crippen LogP contribution in [0, 0.1) is 5.92 Å². The number of benzene rings is 1. The molecular formula is C41H60N8O7. The van der Waals surface area contributed by atoms with Crippen LogP contribution in [0.15, 0.2) is 24.4 Å². The molecule has 0 unspecified atom stereocenters. The number of alkyl carbamates (subject to hydrolysis) is 1. The zero-order valence-corrected chi connectivity index (χ0v) is 33.9. The topological polar surface area (TPSA) is 179 Å². The molecule has 0 bridgehead atoms. The maximum absolute atomic E-state index is 13.5. The van der Waals surface area contributed by atoms with Crippen LogP contribution >= 0.6 is 0 Å². The zero-order chi connectivity index (χ0) is 40.2. The van der Waals surface area contributed by atoms with Gasteiger partial charge in [-0.3, -0.25) is 9.59 Å². The Morgan fingerprint density at radius 1 is 1.00 bits per heavy atom. The number of carbonyl (C=O) groups is 4. The van der Waals surface area contributed by atoms with Crippen LogP contribution in [0.1, 0.15) is 115 Å². The highest BCUT2D eigenvalue weighted by Gasteiger charge is 2.49. The molecule has 15 nitrogen and oxygen atoms in total. The average Bonchev–Trinajstić information content (AvgIpc) is 3.91. The number of carboxylic acid groups (broad SMARTS) is 1. The molecule has 2 saturated carbocycles. The molecule has 1 aromatic carbocycles. The number of piperidine rings is 1. The van der Waals surface area contributed by atoms with E-state index in [4.69, 9.17) is 14.5 Å². The van der Waals surface area contributed by atoms with Gasteiger partial charge in [-0.15, -0.1) is 0 Å². The maximum atomic E-state index is 13.5. The van der Waals surface area contributed by atoms with Crippen molar-refractivity contribution in [2.75, 3.05) is 48.9 Å². The van der Waals surface area contributed by atoms with E-state index >= 15 is 0 Å². The second kappa shape index (κ2) is 17.2. The van der Waals surface area contributed by atoms with E-state index in [1.54, 1.807) is 64.2 Å². The Morgan fingerprint density at radius 2 is 1.68 bits per heavy atom. The SMILES string of the molecule is CC[C@@H]1C(=O)N(C)c2cnc(Nc3ccc(C(=O)NC4CCN(CC[C@@](NC(=O)OC(C)(C)C)(C(=O)O)C5CCCC5)CC4)cc3OC)nc2N1C1CCCC1. The van der Waals surface area contributed by atoms with Gasteiger partial charge in [-0.2, -0.15) is 4.98 Å². The number of aromatic nitrogens is 2. The number of nitrogens with zero attached hydrogens (tertiary/aromatic N) is 5. The van der Waals surface area contributed by atoms with Gasteiger partial charge in [0.25, 0.3) is 5.91 Å². The molecule has 306 valence electrons. The molecule has 1 aromatic heterocycles. The van der Waals surface area contributed by atoms with E-state index < -0.39 is 23.2 Å². The van der Waals surface area contributed by atoms with Crippen LogP contribution in [0.25, 0.3) is 0 Å². The predicted octanol–water partition coefficient (Wildman–Crippen LogP) is 5.86. The van der Waals surface area contributed by atoms with Gasteiger partial charge < -0.3 is 45.2 Å². The number of likely N-dealkylation sites (tertiary alicyclic amines) is 1. The van der Waals surface area contributed by atoms with E-state index in [9.17, 15) is 24.3 Å². The van der Waals surface area contributed by atoms with Gasteiger partial charge in [-0.1, -0.05) is 32.6 Å². The van der Waals surface area contributed by atoms with Crippen molar-refractivity contribution in [2.24, 2.45) is 5.92 Å². The number of methoxy groups -OCH3 is 1. The minimum Gasteiger partial charge on any atom is -0.495 e. The van der Waals surface area contributed by atoms with Crippen molar-refractivity contribution in [3.63, 3.8) is 0 Å². The average molecular weight is 777 g/mol. The van der Waals surface area contributed by atoms with Gasteiger partial charge in [0, 0.05) is 44.3 Å². The number of fused-ring (bicyclic) bond motifs is 1. The molecule has 3 fully saturated rings. The molecule has 1 saturated heterocycles. The second-order valence-electron chi connectivity index (χ2n) is 16.8. The van der Waals surface area contributed by atoms with Crippen molar-refractivity contribution in [3.05, 3.63) is 30.0 Å². The fraction of sp³-hybridized carbons (Fsp3) is 0.659. The van der Waals surface area contributed by atoms with Gasteiger partial charge in [0.15, 0.2) is 5.82 Å². The molecular weight excluding hydrogens is 716 g/mol. The zero-order valence-electron chi connectivity index (χ0n) is 33.9. The van der Waals surface area contributed by atoms with Gasteiger partial charge in [0.05, 0.1) is 19.0 Å². The maximum Gasteiger partial charge on any atom is 0.408 e. The monoisotopic (exact) mass is 776 g/mol. The van der Waals surface area contributed by atoms with Crippen LogP contribution in [0.2, 0.25) is 0 Å². The first kappa shape index (κ1) is 41.0. The van der Waals surface area contributed by atoms with Gasteiger partial charge >= 0.3 is 12.1 Å². The summed E-state index contributed by atoms with van der Waals surface area (Å²) >= 11 is 0. The van der Waals surface area contributed by atoms with Gasteiger partial charge in [0.1, 0.15) is 28.6 Å². The molecule has 2 aliphatic heterocycles. The summed E-state index contributed by atoms with van der Waals surface area (Å²) in [6.45, 7) is 9.20. The van der Waals surface area contributed by atoms with Crippen LogP contribution < -0.4 is 30.5 Å². The van der Waals surface area contributed by atoms with E-state index in [1.807, 2.05) is 6.92 Å². The Hall–Kier alpha value is -4.66. The number of hydrogen-bond donors (Lipinski definition) is 4. The first-order chi connectivity index (χ1) is 26.7. The van der Waals surface area contributed by atoms with Crippen molar-refractivity contribution in [1.82, 2.24) is 25.5 Å². The third kappa shape index (κ3) is 8.98. The van der Waals surface area contributed by atoms with Crippen molar-refractivity contribution in [1.29, 1.82) is 0 Å². The first-order valence-corrected chi connectivity index (χ1v) is 20.4. The molecule has 2 atom stereocenters. The van der Waals surface area contributed by atoms with Crippen LogP contribution in [-0.2, 0) is 14.3 Å². The number of rotatable bonds is 13. The van der Waals surface area contributed by atoms with Crippen molar-refractivity contribution in [3.8, 4) is 5.75 Å². The lowest BCUT2D eigenvalue weighted by molar-refractivity contribution is -0.148. The molecule has 3 heterocycles. The third-order valence-electron chi connectivity index (χ3n) is 12.0. The predicted molar refractivity (Wildman–Crippen MR) is 214 cm³/mol. The summed E-state index contributed by atoms with van der Waals surface area (Å²) in [5, 5.41) is 19.7. The number of aliphatic carboxylic acids is 1. The number of ether oxygens (including phenoxy) is 2. The number of amides is 3. The van der Waals surface area contributed by atoms with Crippen LogP contribution in [0.5, 0.6) is 5.75 Å². The highest BCUT2D eigenvalue weighted by molar-refractivity contribution is 6.04. The Morgan fingerprint density at radius 3 is 2.30 bits per heavy atom. The molecule has 3 amide bonds. The number of anilines is 4. The molecule has 15 heteroatoms. The summed E-state index contributed by atoms with van der Waals surface area (Å²) in [5.41, 5.74) is -0.394. The summed E-state index contributed by atoms with van der Waals surface area (Å²) < 4.78 is 11.2. The molecule has 2 aliphatic carbocycles. The smallest absolute Gasteiger partial charge is 0.408 e. The number of hydrogen-bond acceptors (Lipinski definition) is 11. The summed E-state index contributed by atoms with van der Waals surface area (Å²) in [4.78, 5) is 68.0. The molecule has 4 N–H and O–H groups in total. The molecule has 2 aromatic rings. The minimum atomic E-state index is -1.40. The number of nitrogens with one attached hydrogen (secondary N) is 3. The summed E-state index contributed by atoms with van der Waals surface area (Å²) in [6.07, 6.45) is 11.1. The minimum absolute atomic E-state index is 0.0508. The number of likely N-dealkylation sites (N-methyl/N-ethyl adjacent to an activating group) is 1. The number of carbonyl (C=O) groups excluding carboxylic acids is 3. The second-order valence-corrected chi connectivity index (χ2v) is 16.8. The third-order valence-corrected chi connectivity index (χ3v) is 12.0. The Labute approximate surface area is 330 Å². The van der Waals surface area contributed by atoms with Crippen LogP contribution in [0.4, 0.5) is 27.9 Å². The van der Waals surface area contributed by atoms with Crippen LogP contribution in [0.3, 0.4) is 0 Å². The Balaban J connectivity index is 1.07. The largest absolute Gasteiger partial charge is 0.495 e. The lowest BCUT2D eigenvalue weighted by Gasteiger charge is -2.43. The summed E-state index contributed by atoms with van der Waals surface area (Å²) in [6, 6.07) is 5.15. The van der Waals surface area contributed by atoms with Crippen LogP contribution in [-0.4, -0.2) is 107 Å². The lowest BCUT2D eigenvalue weighted by Crippen LogP contribution is -2.61. The van der Waals surface area contributed by atoms with Crippen molar-refractivity contribution >= 4 is 47.0 Å². The van der Waals surface area contributed by atoms with Gasteiger partial charge in [-0.25, -0.2) is 14.6 Å². The van der Waals surface area contributed by atoms with E-state index in [0.29, 0.717) is 67.5 Å². The van der Waals surface area contributed by atoms with Crippen molar-refractivity contribution < 1.29 is 33.8 Å². The normalized spacial score (nSPS) is 21.0. The quantitative estimate of drug-likeness (QED) is 0.191. The van der Waals surface area contributed by atoms with Crippen molar-refractivity contribution in [2.45, 2.75) is 134 Å². The molecule has 0 spiro atoms. The van der Waals surface area contributed by atoms with E-state index in [0.717, 1.165) is 57.2 Å². The standard InChI is InChI=1S/C41H60N8O7/c1-7-31-36(51)47(5)32-25-42-38(45-34(32)49(31)29-14-10-11-15-29)44-30-17-16-26(24-33(30)55-6)35(50)43-28-18-21-48(22-19-28)23-20-41(37(52)53,27-12-8-9-13-27)46-39(54)56-40(2,3)4/h16-17,24-25,27-29,31H,7-15,18-23H2,1-6H3,(H,43,50)(H,46,54)(H,52,53)(H,42,44,45)/t31-,41+/m1/s1. The van der Waals surface area contributed by atoms with E-state index in [1.165, 1.54) is 0 Å². The highest BCUT2D eigenvalue weighted by Crippen LogP contribution is 2.41. The van der Waals surface area contributed by atoms with Gasteiger partial charge in [-0.05, 0) is 96.3 Å². The van der Waals surface area contributed by atoms with E-state index in [2.05, 4.69) is 30.7 Å². The molecule has 0 radical (unpaired) electrons. The molecule has 6 rings (SSSR count). The fourth-order valence-electron chi connectivity index (χ4n) is 9.01. The van der Waals surface area contributed by atoms with E-state index in [-0.39, 0.29) is 42.3 Å². The highest BCUT2D eigenvalue weighted by atomic mass is 16.6. The summed E-state index contributed by atoms with van der Waals surface area (Å²) in [7, 11) is 3.33. The fourth-order valence-corrected chi connectivity index (χ4v) is 9.01. The Kier molecular flexibility index (Phi) is 12.6. The molecule has 56 heavy (non-hydrogen) atoms. The Bertz CT molecular complexity index is 1750. The lowest BCUT2D eigenvalue weighted by atomic mass is 9.79. The van der Waals surface area contributed by atoms with Gasteiger partial charge in [0.2, 0.25) is 11.9 Å².